The van der Waals surface area contributed by atoms with Gasteiger partial charge in [-0.15, -0.1) is 0 Å². The predicted molar refractivity (Wildman–Crippen MR) is 58.4 cm³/mol. The van der Waals surface area contributed by atoms with Crippen LogP contribution in [0.5, 0.6) is 0 Å². The highest BCUT2D eigenvalue weighted by atomic mass is 16.6. The average molecular weight is 201 g/mol. The molecule has 84 valence electrons. The third-order valence-electron chi connectivity index (χ3n) is 2.22. The number of amides is 1. The Hall–Kier alpha value is -0.730. The molecule has 1 fully saturated rings. The van der Waals surface area contributed by atoms with Crippen LogP contribution in [0.2, 0.25) is 0 Å². The summed E-state index contributed by atoms with van der Waals surface area (Å²) in [5.74, 6) is 0. The fourth-order valence-corrected chi connectivity index (χ4v) is 1.39. The van der Waals surface area contributed by atoms with Gasteiger partial charge in [-0.3, -0.25) is 0 Å². The van der Waals surface area contributed by atoms with E-state index in [-0.39, 0.29) is 12.1 Å². The van der Waals surface area contributed by atoms with E-state index in [2.05, 4.69) is 6.92 Å². The summed E-state index contributed by atoms with van der Waals surface area (Å²) in [4.78, 5) is 12.9. The van der Waals surface area contributed by atoms with Gasteiger partial charge in [0.1, 0.15) is 6.61 Å². The van der Waals surface area contributed by atoms with E-state index >= 15 is 0 Å². The first-order valence-electron chi connectivity index (χ1n) is 5.69. The molecule has 1 saturated heterocycles. The van der Waals surface area contributed by atoms with E-state index in [1.165, 1.54) is 12.8 Å². The second kappa shape index (κ2) is 7.65. The number of hydrogen-bond donors (Lipinski definition) is 0. The molecule has 1 rings (SSSR count). The molecule has 0 aromatic rings. The van der Waals surface area contributed by atoms with Crippen LogP contribution in [0, 0.1) is 0 Å². The molecule has 1 unspecified atom stereocenters. The SMILES string of the molecule is CC.CCCCCN1C(=O)OCC1C. The average Bonchev–Trinajstić information content (AvgIpc) is 2.52. The Balaban J connectivity index is 0.000000791. The predicted octanol–water partition coefficient (Wildman–Crippen LogP) is 3.04. The Labute approximate surface area is 87.4 Å². The van der Waals surface area contributed by atoms with Crippen molar-refractivity contribution in [1.29, 1.82) is 0 Å². The van der Waals surface area contributed by atoms with Crippen LogP contribution in [0.4, 0.5) is 4.79 Å². The normalized spacial score (nSPS) is 20.1. The van der Waals surface area contributed by atoms with Crippen LogP contribution in [-0.2, 0) is 4.74 Å². The number of carbonyl (C=O) groups excluding carboxylic acids is 1. The van der Waals surface area contributed by atoms with Crippen LogP contribution in [0.15, 0.2) is 0 Å². The smallest absolute Gasteiger partial charge is 0.410 e. The standard InChI is InChI=1S/C9H17NO2.C2H6/c1-3-4-5-6-10-8(2)7-12-9(10)11;1-2/h8H,3-7H2,1-2H3;1-2H3. The van der Waals surface area contributed by atoms with Crippen LogP contribution in [0.3, 0.4) is 0 Å². The highest BCUT2D eigenvalue weighted by molar-refractivity contribution is 5.69. The van der Waals surface area contributed by atoms with Crippen molar-refractivity contribution in [2.75, 3.05) is 13.2 Å². The molecule has 0 saturated carbocycles. The lowest BCUT2D eigenvalue weighted by Crippen LogP contribution is -2.31. The molecule has 0 aromatic carbocycles. The lowest BCUT2D eigenvalue weighted by atomic mass is 10.2. The molecule has 3 nitrogen and oxygen atoms in total. The van der Waals surface area contributed by atoms with E-state index in [0.717, 1.165) is 13.0 Å². The molecule has 14 heavy (non-hydrogen) atoms. The minimum absolute atomic E-state index is 0.140. The maximum Gasteiger partial charge on any atom is 0.410 e. The molecule has 0 aliphatic carbocycles. The summed E-state index contributed by atoms with van der Waals surface area (Å²) < 4.78 is 4.90. The van der Waals surface area contributed by atoms with E-state index in [0.29, 0.717) is 6.61 Å². The summed E-state index contributed by atoms with van der Waals surface area (Å²) in [7, 11) is 0. The summed E-state index contributed by atoms with van der Waals surface area (Å²) in [6.07, 6.45) is 3.34. The largest absolute Gasteiger partial charge is 0.447 e. The third kappa shape index (κ3) is 3.99. The number of hydrogen-bond acceptors (Lipinski definition) is 2. The molecule has 3 heteroatoms. The molecule has 0 spiro atoms. The maximum atomic E-state index is 11.1. The Morgan fingerprint density at radius 2 is 2.07 bits per heavy atom. The van der Waals surface area contributed by atoms with Gasteiger partial charge in [0, 0.05) is 6.54 Å². The molecule has 1 heterocycles. The Bertz CT molecular complexity index is 159. The fraction of sp³-hybridized carbons (Fsp3) is 0.909. The van der Waals surface area contributed by atoms with Crippen molar-refractivity contribution in [2.45, 2.75) is 53.0 Å². The Morgan fingerprint density at radius 1 is 1.43 bits per heavy atom. The molecular weight excluding hydrogens is 178 g/mol. The lowest BCUT2D eigenvalue weighted by Gasteiger charge is -2.17. The van der Waals surface area contributed by atoms with E-state index in [9.17, 15) is 4.79 Å². The van der Waals surface area contributed by atoms with E-state index in [1.54, 1.807) is 0 Å². The number of ether oxygens (including phenoxy) is 1. The topological polar surface area (TPSA) is 29.5 Å². The van der Waals surface area contributed by atoms with Crippen molar-refractivity contribution in [3.05, 3.63) is 0 Å². The number of nitrogens with zero attached hydrogens (tertiary/aromatic N) is 1. The second-order valence-electron chi connectivity index (χ2n) is 3.33. The van der Waals surface area contributed by atoms with Gasteiger partial charge in [-0.1, -0.05) is 33.6 Å². The summed E-state index contributed by atoms with van der Waals surface area (Å²) >= 11 is 0. The van der Waals surface area contributed by atoms with Crippen LogP contribution in [0.25, 0.3) is 0 Å². The molecule has 1 atom stereocenters. The highest BCUT2D eigenvalue weighted by Gasteiger charge is 2.28. The molecule has 0 aromatic heterocycles. The zero-order valence-electron chi connectivity index (χ0n) is 9.88. The zero-order chi connectivity index (χ0) is 11.0. The Kier molecular flexibility index (Phi) is 7.25. The molecule has 0 N–H and O–H groups in total. The Morgan fingerprint density at radius 3 is 2.50 bits per heavy atom. The third-order valence-corrected chi connectivity index (χ3v) is 2.22. The van der Waals surface area contributed by atoms with E-state index < -0.39 is 0 Å². The number of cyclic esters (lactones) is 1. The molecule has 0 radical (unpaired) electrons. The summed E-state index contributed by atoms with van der Waals surface area (Å²) in [5, 5.41) is 0. The van der Waals surface area contributed by atoms with Crippen molar-refractivity contribution in [2.24, 2.45) is 0 Å². The van der Waals surface area contributed by atoms with Crippen molar-refractivity contribution < 1.29 is 9.53 Å². The summed E-state index contributed by atoms with van der Waals surface area (Å²) in [5.41, 5.74) is 0. The van der Waals surface area contributed by atoms with Gasteiger partial charge in [0.15, 0.2) is 0 Å². The monoisotopic (exact) mass is 201 g/mol. The van der Waals surface area contributed by atoms with Gasteiger partial charge in [-0.2, -0.15) is 0 Å². The molecule has 1 aliphatic rings. The van der Waals surface area contributed by atoms with Gasteiger partial charge in [0.05, 0.1) is 6.04 Å². The lowest BCUT2D eigenvalue weighted by molar-refractivity contribution is 0.157. The van der Waals surface area contributed by atoms with Crippen LogP contribution >= 0.6 is 0 Å². The maximum absolute atomic E-state index is 11.1. The van der Waals surface area contributed by atoms with Gasteiger partial charge < -0.3 is 9.64 Å². The van der Waals surface area contributed by atoms with Gasteiger partial charge in [0.2, 0.25) is 0 Å². The van der Waals surface area contributed by atoms with Crippen LogP contribution < -0.4 is 0 Å². The van der Waals surface area contributed by atoms with Gasteiger partial charge in [-0.25, -0.2) is 4.79 Å². The van der Waals surface area contributed by atoms with Crippen LogP contribution in [-0.4, -0.2) is 30.2 Å². The first-order chi connectivity index (χ1) is 6.75. The van der Waals surface area contributed by atoms with Gasteiger partial charge >= 0.3 is 6.09 Å². The fourth-order valence-electron chi connectivity index (χ4n) is 1.39. The first kappa shape index (κ1) is 13.3. The van der Waals surface area contributed by atoms with Crippen LogP contribution in [0.1, 0.15) is 47.0 Å². The molecular formula is C11H23NO2. The molecule has 1 aliphatic heterocycles. The number of unbranched alkanes of at least 4 members (excludes halogenated alkanes) is 2. The highest BCUT2D eigenvalue weighted by Crippen LogP contribution is 2.12. The summed E-state index contributed by atoms with van der Waals surface area (Å²) in [6.45, 7) is 9.60. The van der Waals surface area contributed by atoms with Gasteiger partial charge in [-0.05, 0) is 13.3 Å². The molecule has 0 bridgehead atoms. The van der Waals surface area contributed by atoms with Gasteiger partial charge in [0.25, 0.3) is 0 Å². The minimum Gasteiger partial charge on any atom is -0.447 e. The quantitative estimate of drug-likeness (QED) is 0.654. The summed E-state index contributed by atoms with van der Waals surface area (Å²) in [6, 6.07) is 0.273. The van der Waals surface area contributed by atoms with E-state index in [4.69, 9.17) is 4.74 Å². The van der Waals surface area contributed by atoms with Crippen molar-refractivity contribution >= 4 is 6.09 Å². The van der Waals surface area contributed by atoms with Crippen molar-refractivity contribution in [3.8, 4) is 0 Å². The minimum atomic E-state index is -0.140. The zero-order valence-corrected chi connectivity index (χ0v) is 9.88. The number of rotatable bonds is 4. The number of carbonyl (C=O) groups is 1. The van der Waals surface area contributed by atoms with Crippen molar-refractivity contribution in [3.63, 3.8) is 0 Å². The second-order valence-corrected chi connectivity index (χ2v) is 3.33. The molecule has 1 amide bonds. The van der Waals surface area contributed by atoms with Crippen molar-refractivity contribution in [1.82, 2.24) is 4.90 Å². The first-order valence-corrected chi connectivity index (χ1v) is 5.69. The van der Waals surface area contributed by atoms with E-state index in [1.807, 2.05) is 25.7 Å².